The Bertz CT molecular complexity index is 915. The minimum absolute atomic E-state index is 0.129. The van der Waals surface area contributed by atoms with Crippen molar-refractivity contribution in [2.75, 3.05) is 19.7 Å². The van der Waals surface area contributed by atoms with Crippen LogP contribution in [-0.4, -0.2) is 39.5 Å². The third kappa shape index (κ3) is 2.98. The maximum atomic E-state index is 11.7. The van der Waals surface area contributed by atoms with Crippen molar-refractivity contribution in [3.05, 3.63) is 64.0 Å². The topological polar surface area (TPSA) is 74.0 Å². The molecule has 0 saturated carbocycles. The Morgan fingerprint density at radius 2 is 2.29 bits per heavy atom. The summed E-state index contributed by atoms with van der Waals surface area (Å²) in [6.07, 6.45) is 1.81. The van der Waals surface area contributed by atoms with Gasteiger partial charge in [-0.25, -0.2) is 4.98 Å². The maximum Gasteiger partial charge on any atom is 0.251 e. The molecule has 1 aliphatic rings. The van der Waals surface area contributed by atoms with E-state index in [9.17, 15) is 4.79 Å². The van der Waals surface area contributed by atoms with Crippen LogP contribution in [0.25, 0.3) is 10.9 Å². The van der Waals surface area contributed by atoms with Crippen molar-refractivity contribution in [1.29, 1.82) is 0 Å². The lowest BCUT2D eigenvalue weighted by atomic mass is 10.1. The Morgan fingerprint density at radius 1 is 1.38 bits per heavy atom. The number of benzene rings is 1. The van der Waals surface area contributed by atoms with Crippen molar-refractivity contribution in [1.82, 2.24) is 19.9 Å². The van der Waals surface area contributed by atoms with Crippen molar-refractivity contribution in [3.8, 4) is 0 Å². The van der Waals surface area contributed by atoms with Gasteiger partial charge in [0.2, 0.25) is 0 Å². The zero-order valence-electron chi connectivity index (χ0n) is 13.6. The summed E-state index contributed by atoms with van der Waals surface area (Å²) < 4.78 is 5.85. The van der Waals surface area contributed by atoms with Crippen molar-refractivity contribution >= 4 is 10.9 Å². The van der Waals surface area contributed by atoms with Crippen molar-refractivity contribution in [3.63, 3.8) is 0 Å². The fraction of sp³-hybridized carbons (Fsp3) is 0.333. The monoisotopic (exact) mass is 324 g/mol. The smallest absolute Gasteiger partial charge is 0.251 e. The van der Waals surface area contributed by atoms with Crippen molar-refractivity contribution < 1.29 is 4.74 Å². The largest absolute Gasteiger partial charge is 0.369 e. The molecule has 3 aromatic rings. The third-order valence-corrected chi connectivity index (χ3v) is 4.44. The molecule has 3 heterocycles. The lowest BCUT2D eigenvalue weighted by Crippen LogP contribution is -2.38. The highest BCUT2D eigenvalue weighted by Gasteiger charge is 2.24. The predicted molar refractivity (Wildman–Crippen MR) is 91.9 cm³/mol. The standard InChI is InChI=1S/C18H20N4O2/c1-12-20-16(9-18(23)21-12)17-11-22(7-8-24-17)10-13-3-2-4-15-14(13)5-6-19-15/h2-6,9,17,19H,7-8,10-11H2,1H3,(H,20,21,23)/t17-/m0/s1. The van der Waals surface area contributed by atoms with Gasteiger partial charge in [0.1, 0.15) is 11.9 Å². The van der Waals surface area contributed by atoms with Crippen LogP contribution in [0.1, 0.15) is 23.2 Å². The Labute approximate surface area is 139 Å². The molecule has 24 heavy (non-hydrogen) atoms. The number of fused-ring (bicyclic) bond motifs is 1. The fourth-order valence-electron chi connectivity index (χ4n) is 3.32. The number of aromatic nitrogens is 3. The first-order chi connectivity index (χ1) is 11.7. The maximum absolute atomic E-state index is 11.7. The van der Waals surface area contributed by atoms with Crippen LogP contribution in [0.2, 0.25) is 0 Å². The van der Waals surface area contributed by atoms with E-state index in [-0.39, 0.29) is 11.7 Å². The molecular weight excluding hydrogens is 304 g/mol. The van der Waals surface area contributed by atoms with Gasteiger partial charge in [0.15, 0.2) is 0 Å². The summed E-state index contributed by atoms with van der Waals surface area (Å²) in [5, 5.41) is 1.26. The van der Waals surface area contributed by atoms with Gasteiger partial charge < -0.3 is 14.7 Å². The summed E-state index contributed by atoms with van der Waals surface area (Å²) in [5.41, 5.74) is 3.03. The predicted octanol–water partition coefficient (Wildman–Crippen LogP) is 2.13. The molecule has 0 unspecified atom stereocenters. The molecule has 0 amide bonds. The molecule has 1 atom stereocenters. The number of aryl methyl sites for hydroxylation is 1. The highest BCUT2D eigenvalue weighted by molar-refractivity contribution is 5.82. The van der Waals surface area contributed by atoms with Crippen molar-refractivity contribution in [2.24, 2.45) is 0 Å². The number of rotatable bonds is 3. The zero-order valence-corrected chi connectivity index (χ0v) is 13.6. The molecule has 2 aromatic heterocycles. The van der Waals surface area contributed by atoms with Crippen LogP contribution >= 0.6 is 0 Å². The highest BCUT2D eigenvalue weighted by atomic mass is 16.5. The summed E-state index contributed by atoms with van der Waals surface area (Å²) in [6.45, 7) is 4.90. The molecule has 0 bridgehead atoms. The number of nitrogens with zero attached hydrogens (tertiary/aromatic N) is 2. The van der Waals surface area contributed by atoms with E-state index in [4.69, 9.17) is 4.74 Å². The van der Waals surface area contributed by atoms with E-state index in [0.717, 1.165) is 25.2 Å². The van der Waals surface area contributed by atoms with E-state index in [1.54, 1.807) is 6.92 Å². The van der Waals surface area contributed by atoms with Gasteiger partial charge in [0.25, 0.3) is 5.56 Å². The number of H-pyrrole nitrogens is 2. The van der Waals surface area contributed by atoms with Gasteiger partial charge in [0, 0.05) is 42.8 Å². The molecule has 6 heteroatoms. The Hall–Kier alpha value is -2.44. The van der Waals surface area contributed by atoms with Crippen LogP contribution in [-0.2, 0) is 11.3 Å². The van der Waals surface area contributed by atoms with Crippen LogP contribution in [0, 0.1) is 6.92 Å². The second kappa shape index (κ2) is 6.22. The molecule has 2 N–H and O–H groups in total. The molecule has 1 fully saturated rings. The molecule has 4 rings (SSSR count). The van der Waals surface area contributed by atoms with E-state index in [2.05, 4.69) is 44.1 Å². The molecule has 0 radical (unpaired) electrons. The van der Waals surface area contributed by atoms with Crippen LogP contribution in [0.15, 0.2) is 41.3 Å². The third-order valence-electron chi connectivity index (χ3n) is 4.44. The first kappa shape index (κ1) is 15.1. The second-order valence-corrected chi connectivity index (χ2v) is 6.21. The normalized spacial score (nSPS) is 19.0. The van der Waals surface area contributed by atoms with Gasteiger partial charge in [-0.05, 0) is 24.6 Å². The number of hydrogen-bond donors (Lipinski definition) is 2. The first-order valence-electron chi connectivity index (χ1n) is 8.16. The molecule has 1 aliphatic heterocycles. The van der Waals surface area contributed by atoms with E-state index in [1.807, 2.05) is 6.20 Å². The van der Waals surface area contributed by atoms with Gasteiger partial charge in [-0.2, -0.15) is 0 Å². The number of nitrogens with one attached hydrogen (secondary N) is 2. The van der Waals surface area contributed by atoms with E-state index in [1.165, 1.54) is 17.0 Å². The van der Waals surface area contributed by atoms with Gasteiger partial charge in [0.05, 0.1) is 12.3 Å². The fourth-order valence-corrected chi connectivity index (χ4v) is 3.32. The molecule has 124 valence electrons. The SMILES string of the molecule is Cc1nc([C@@H]2CN(Cc3cccc4[nH]ccc34)CCO2)cc(=O)[nH]1. The summed E-state index contributed by atoms with van der Waals surface area (Å²) in [5.74, 6) is 0.621. The number of ether oxygens (including phenoxy) is 1. The van der Waals surface area contributed by atoms with Crippen LogP contribution in [0.5, 0.6) is 0 Å². The summed E-state index contributed by atoms with van der Waals surface area (Å²) >= 11 is 0. The van der Waals surface area contributed by atoms with Gasteiger partial charge in [-0.15, -0.1) is 0 Å². The van der Waals surface area contributed by atoms with Gasteiger partial charge in [-0.3, -0.25) is 9.69 Å². The molecule has 0 aliphatic carbocycles. The molecular formula is C18H20N4O2. The minimum Gasteiger partial charge on any atom is -0.369 e. The summed E-state index contributed by atoms with van der Waals surface area (Å²) in [6, 6.07) is 9.98. The average Bonchev–Trinajstić information content (AvgIpc) is 3.04. The van der Waals surface area contributed by atoms with Crippen LogP contribution in [0.4, 0.5) is 0 Å². The minimum atomic E-state index is -0.162. The average molecular weight is 324 g/mol. The van der Waals surface area contributed by atoms with Crippen LogP contribution in [0.3, 0.4) is 0 Å². The van der Waals surface area contributed by atoms with Crippen molar-refractivity contribution in [2.45, 2.75) is 19.6 Å². The second-order valence-electron chi connectivity index (χ2n) is 6.21. The van der Waals surface area contributed by atoms with E-state index < -0.39 is 0 Å². The molecule has 6 nitrogen and oxygen atoms in total. The Kier molecular flexibility index (Phi) is 3.92. The summed E-state index contributed by atoms with van der Waals surface area (Å²) in [4.78, 5) is 24.4. The van der Waals surface area contributed by atoms with E-state index >= 15 is 0 Å². The number of morpholine rings is 1. The Balaban J connectivity index is 1.54. The molecule has 0 spiro atoms. The number of aromatic amines is 2. The van der Waals surface area contributed by atoms with Crippen LogP contribution < -0.4 is 5.56 Å². The molecule has 1 aromatic carbocycles. The lowest BCUT2D eigenvalue weighted by molar-refractivity contribution is -0.0350. The zero-order chi connectivity index (χ0) is 16.5. The first-order valence-corrected chi connectivity index (χ1v) is 8.16. The van der Waals surface area contributed by atoms with Gasteiger partial charge >= 0.3 is 0 Å². The molecule has 1 saturated heterocycles. The lowest BCUT2D eigenvalue weighted by Gasteiger charge is -2.32. The van der Waals surface area contributed by atoms with E-state index in [0.29, 0.717) is 18.1 Å². The highest BCUT2D eigenvalue weighted by Crippen LogP contribution is 2.24. The van der Waals surface area contributed by atoms with Gasteiger partial charge in [-0.1, -0.05) is 12.1 Å². The number of hydrogen-bond acceptors (Lipinski definition) is 4. The summed E-state index contributed by atoms with van der Waals surface area (Å²) in [7, 11) is 0. The Morgan fingerprint density at radius 3 is 3.17 bits per heavy atom. The quantitative estimate of drug-likeness (QED) is 0.774.